The van der Waals surface area contributed by atoms with Crippen molar-refractivity contribution < 1.29 is 4.79 Å². The summed E-state index contributed by atoms with van der Waals surface area (Å²) in [6, 6.07) is 3.14. The van der Waals surface area contributed by atoms with Crippen molar-refractivity contribution in [3.8, 4) is 0 Å². The number of anilines is 1. The molecule has 2 bridgehead atoms. The van der Waals surface area contributed by atoms with Gasteiger partial charge < -0.3 is 15.1 Å². The number of thiazole rings is 1. The molecule has 2 aromatic heterocycles. The molecule has 0 aliphatic carbocycles. The molecule has 0 spiro atoms. The van der Waals surface area contributed by atoms with Gasteiger partial charge in [0.05, 0.1) is 9.58 Å². The average Bonchev–Trinajstić information content (AvgIpc) is 3.21. The molecule has 2 unspecified atom stereocenters. The minimum Gasteiger partial charge on any atom is -0.349 e. The van der Waals surface area contributed by atoms with E-state index in [0.717, 1.165) is 52.1 Å². The van der Waals surface area contributed by atoms with Gasteiger partial charge in [-0.15, -0.1) is 11.3 Å². The van der Waals surface area contributed by atoms with Gasteiger partial charge in [0.2, 0.25) is 0 Å². The van der Waals surface area contributed by atoms with E-state index in [4.69, 9.17) is 4.98 Å². The Labute approximate surface area is 150 Å². The van der Waals surface area contributed by atoms with Gasteiger partial charge in [0.25, 0.3) is 5.91 Å². The minimum absolute atomic E-state index is 0.184. The van der Waals surface area contributed by atoms with Crippen LogP contribution in [-0.4, -0.2) is 54.1 Å². The van der Waals surface area contributed by atoms with E-state index in [0.29, 0.717) is 12.1 Å². The first-order chi connectivity index (χ1) is 11.7. The first-order valence-electron chi connectivity index (χ1n) is 8.88. The van der Waals surface area contributed by atoms with Gasteiger partial charge in [-0.25, -0.2) is 4.98 Å². The second-order valence-electron chi connectivity index (χ2n) is 6.63. The van der Waals surface area contributed by atoms with Crippen molar-refractivity contribution in [3.63, 3.8) is 0 Å². The summed E-state index contributed by atoms with van der Waals surface area (Å²) in [6.45, 7) is 7.94. The van der Waals surface area contributed by atoms with E-state index in [9.17, 15) is 4.79 Å². The van der Waals surface area contributed by atoms with Gasteiger partial charge in [-0.05, 0) is 39.2 Å². The molecule has 1 amide bonds. The van der Waals surface area contributed by atoms with E-state index in [1.165, 1.54) is 12.8 Å². The number of hydrogen-bond donors (Lipinski definition) is 1. The van der Waals surface area contributed by atoms with E-state index >= 15 is 0 Å². The maximum atomic E-state index is 12.9. The van der Waals surface area contributed by atoms with Crippen LogP contribution in [0.3, 0.4) is 0 Å². The predicted octanol–water partition coefficient (Wildman–Crippen LogP) is 3.17. The fourth-order valence-corrected chi connectivity index (χ4v) is 6.05. The van der Waals surface area contributed by atoms with Crippen molar-refractivity contribution >= 4 is 43.2 Å². The highest BCUT2D eigenvalue weighted by atomic mass is 32.1. The van der Waals surface area contributed by atoms with Crippen molar-refractivity contribution in [2.45, 2.75) is 45.2 Å². The van der Waals surface area contributed by atoms with Gasteiger partial charge in [-0.3, -0.25) is 4.79 Å². The molecule has 0 radical (unpaired) electrons. The second kappa shape index (κ2) is 6.61. The largest absolute Gasteiger partial charge is 0.349 e. The quantitative estimate of drug-likeness (QED) is 0.905. The van der Waals surface area contributed by atoms with Crippen molar-refractivity contribution in [1.82, 2.24) is 15.2 Å². The van der Waals surface area contributed by atoms with Gasteiger partial charge in [-0.1, -0.05) is 11.3 Å². The first kappa shape index (κ1) is 16.3. The Hall–Kier alpha value is -1.18. The van der Waals surface area contributed by atoms with Crippen LogP contribution >= 0.6 is 22.7 Å². The monoisotopic (exact) mass is 364 g/mol. The van der Waals surface area contributed by atoms with Crippen LogP contribution in [0.5, 0.6) is 0 Å². The van der Waals surface area contributed by atoms with Crippen LogP contribution in [0, 0.1) is 0 Å². The molecule has 2 saturated heterocycles. The van der Waals surface area contributed by atoms with Gasteiger partial charge in [0.15, 0.2) is 5.13 Å². The van der Waals surface area contributed by atoms with Crippen LogP contribution in [0.4, 0.5) is 5.13 Å². The summed E-state index contributed by atoms with van der Waals surface area (Å²) < 4.78 is 1.14. The smallest absolute Gasteiger partial charge is 0.264 e. The summed E-state index contributed by atoms with van der Waals surface area (Å²) in [6.07, 6.45) is 3.54. The van der Waals surface area contributed by atoms with E-state index in [1.807, 2.05) is 11.0 Å². The standard InChI is InChI=1S/C17H24N4OS2/c1-3-20(4-2)17-19-15-13(24-17)9-14(23-15)16(22)21-8-7-11-5-6-12(10-21)18-11/h9,11-12,18H,3-8,10H2,1-2H3. The Morgan fingerprint density at radius 3 is 2.83 bits per heavy atom. The Balaban J connectivity index is 1.53. The summed E-state index contributed by atoms with van der Waals surface area (Å²) in [4.78, 5) is 23.8. The van der Waals surface area contributed by atoms with Crippen LogP contribution in [0.2, 0.25) is 0 Å². The second-order valence-corrected chi connectivity index (χ2v) is 8.67. The van der Waals surface area contributed by atoms with Crippen LogP contribution in [-0.2, 0) is 0 Å². The van der Waals surface area contributed by atoms with E-state index in [2.05, 4.69) is 24.1 Å². The van der Waals surface area contributed by atoms with Crippen LogP contribution in [0.25, 0.3) is 9.53 Å². The molecule has 2 atom stereocenters. The molecule has 5 nitrogen and oxygen atoms in total. The minimum atomic E-state index is 0.184. The maximum Gasteiger partial charge on any atom is 0.264 e. The van der Waals surface area contributed by atoms with Crippen molar-refractivity contribution in [1.29, 1.82) is 0 Å². The summed E-state index contributed by atoms with van der Waals surface area (Å²) >= 11 is 3.24. The number of fused-ring (bicyclic) bond motifs is 3. The lowest BCUT2D eigenvalue weighted by Crippen LogP contribution is -2.38. The third kappa shape index (κ3) is 2.93. The van der Waals surface area contributed by atoms with Crippen molar-refractivity contribution in [3.05, 3.63) is 10.9 Å². The van der Waals surface area contributed by atoms with Gasteiger partial charge >= 0.3 is 0 Å². The van der Waals surface area contributed by atoms with Crippen molar-refractivity contribution in [2.24, 2.45) is 0 Å². The van der Waals surface area contributed by atoms with Gasteiger partial charge in [0.1, 0.15) is 4.83 Å². The molecule has 0 saturated carbocycles. The molecule has 0 aromatic carbocycles. The number of nitrogens with one attached hydrogen (secondary N) is 1. The molecule has 2 aliphatic rings. The van der Waals surface area contributed by atoms with Gasteiger partial charge in [-0.2, -0.15) is 0 Å². The number of carbonyl (C=O) groups is 1. The molecule has 1 N–H and O–H groups in total. The number of aromatic nitrogens is 1. The number of rotatable bonds is 4. The highest BCUT2D eigenvalue weighted by Gasteiger charge is 2.32. The lowest BCUT2D eigenvalue weighted by molar-refractivity contribution is 0.0753. The normalized spacial score (nSPS) is 23.7. The average molecular weight is 365 g/mol. The zero-order valence-electron chi connectivity index (χ0n) is 14.2. The van der Waals surface area contributed by atoms with Gasteiger partial charge in [0, 0.05) is 38.3 Å². The molecular formula is C17H24N4OS2. The van der Waals surface area contributed by atoms with Crippen LogP contribution < -0.4 is 10.2 Å². The highest BCUT2D eigenvalue weighted by molar-refractivity contribution is 7.29. The fourth-order valence-electron chi connectivity index (χ4n) is 3.74. The number of hydrogen-bond acceptors (Lipinski definition) is 6. The molecule has 4 heterocycles. The summed E-state index contributed by atoms with van der Waals surface area (Å²) in [7, 11) is 0. The SMILES string of the molecule is CCN(CC)c1nc2sc(C(=O)N3CCC4CCC(C3)N4)cc2s1. The van der Waals surface area contributed by atoms with Crippen LogP contribution in [0.15, 0.2) is 6.07 Å². The maximum absolute atomic E-state index is 12.9. The number of likely N-dealkylation sites (tertiary alicyclic amines) is 1. The fraction of sp³-hybridized carbons (Fsp3) is 0.647. The summed E-state index contributed by atoms with van der Waals surface area (Å²) in [5.41, 5.74) is 0. The molecule has 7 heteroatoms. The lowest BCUT2D eigenvalue weighted by atomic mass is 10.1. The van der Waals surface area contributed by atoms with E-state index in [-0.39, 0.29) is 5.91 Å². The number of thiophene rings is 1. The number of carbonyl (C=O) groups excluding carboxylic acids is 1. The Bertz CT molecular complexity index is 705. The van der Waals surface area contributed by atoms with E-state index < -0.39 is 0 Å². The Morgan fingerprint density at radius 1 is 1.29 bits per heavy atom. The predicted molar refractivity (Wildman–Crippen MR) is 102 cm³/mol. The Morgan fingerprint density at radius 2 is 2.08 bits per heavy atom. The summed E-state index contributed by atoms with van der Waals surface area (Å²) in [5.74, 6) is 0.184. The molecule has 2 fully saturated rings. The van der Waals surface area contributed by atoms with E-state index in [1.54, 1.807) is 22.7 Å². The molecule has 24 heavy (non-hydrogen) atoms. The number of nitrogens with zero attached hydrogens (tertiary/aromatic N) is 3. The molecule has 4 rings (SSSR count). The third-order valence-corrected chi connectivity index (χ3v) is 7.34. The van der Waals surface area contributed by atoms with Crippen molar-refractivity contribution in [2.75, 3.05) is 31.1 Å². The summed E-state index contributed by atoms with van der Waals surface area (Å²) in [5, 5.41) is 4.70. The number of amides is 1. The topological polar surface area (TPSA) is 48.5 Å². The van der Waals surface area contributed by atoms with Crippen LogP contribution in [0.1, 0.15) is 42.8 Å². The third-order valence-electron chi connectivity index (χ3n) is 5.13. The Kier molecular flexibility index (Phi) is 4.49. The first-order valence-corrected chi connectivity index (χ1v) is 10.5. The lowest BCUT2D eigenvalue weighted by Gasteiger charge is -2.23. The zero-order chi connectivity index (χ0) is 16.7. The molecule has 130 valence electrons. The zero-order valence-corrected chi connectivity index (χ0v) is 15.9. The highest BCUT2D eigenvalue weighted by Crippen LogP contribution is 2.35. The molecular weight excluding hydrogens is 340 g/mol. The molecule has 2 aromatic rings. The molecule has 2 aliphatic heterocycles.